The van der Waals surface area contributed by atoms with E-state index in [0.29, 0.717) is 5.15 Å². The maximum absolute atomic E-state index is 6.23. The third-order valence-corrected chi connectivity index (χ3v) is 5.28. The van der Waals surface area contributed by atoms with Crippen LogP contribution in [0.2, 0.25) is 5.15 Å². The van der Waals surface area contributed by atoms with Crippen LogP contribution in [0.5, 0.6) is 0 Å². The number of halogens is 1. The lowest BCUT2D eigenvalue weighted by atomic mass is 10.0. The Balaban J connectivity index is 1.85. The average molecular weight is 358 g/mol. The molecular formula is C22H16ClN3. The second kappa shape index (κ2) is 5.82. The van der Waals surface area contributed by atoms with Crippen molar-refractivity contribution in [3.63, 3.8) is 0 Å². The zero-order valence-electron chi connectivity index (χ0n) is 14.3. The van der Waals surface area contributed by atoms with E-state index in [2.05, 4.69) is 64.2 Å². The van der Waals surface area contributed by atoms with Crippen LogP contribution in [0.4, 0.5) is 0 Å². The highest BCUT2D eigenvalue weighted by atomic mass is 35.5. The van der Waals surface area contributed by atoms with Crippen molar-refractivity contribution in [2.75, 3.05) is 0 Å². The smallest absolute Gasteiger partial charge is 0.159 e. The summed E-state index contributed by atoms with van der Waals surface area (Å²) in [6, 6.07) is 23.1. The molecule has 2 aromatic heterocycles. The molecule has 0 atom stereocenters. The summed E-state index contributed by atoms with van der Waals surface area (Å²) in [5.74, 6) is 0. The van der Waals surface area contributed by atoms with Crippen LogP contribution in [0.3, 0.4) is 0 Å². The van der Waals surface area contributed by atoms with Gasteiger partial charge in [0, 0.05) is 44.7 Å². The Morgan fingerprint density at radius 1 is 0.769 bits per heavy atom. The van der Waals surface area contributed by atoms with Crippen LogP contribution in [0, 0.1) is 0 Å². The topological polar surface area (TPSA) is 30.7 Å². The first kappa shape index (κ1) is 15.4. The summed E-state index contributed by atoms with van der Waals surface area (Å²) < 4.78 is 2.35. The van der Waals surface area contributed by atoms with Crippen molar-refractivity contribution in [1.82, 2.24) is 14.8 Å². The molecule has 5 rings (SSSR count). The molecule has 0 aliphatic rings. The summed E-state index contributed by atoms with van der Waals surface area (Å²) in [6.45, 7) is 3.12. The van der Waals surface area contributed by atoms with Gasteiger partial charge in [0.1, 0.15) is 5.69 Å². The van der Waals surface area contributed by atoms with Gasteiger partial charge >= 0.3 is 0 Å². The van der Waals surface area contributed by atoms with E-state index in [1.54, 1.807) is 0 Å². The van der Waals surface area contributed by atoms with Gasteiger partial charge in [0.2, 0.25) is 0 Å². The van der Waals surface area contributed by atoms with Gasteiger partial charge in [0.25, 0.3) is 0 Å². The molecule has 5 aromatic rings. The molecule has 0 bridgehead atoms. The molecule has 0 saturated carbocycles. The number of aromatic nitrogens is 3. The largest absolute Gasteiger partial charge is 0.341 e. The lowest BCUT2D eigenvalue weighted by Crippen LogP contribution is -1.93. The first-order valence-electron chi connectivity index (χ1n) is 8.70. The summed E-state index contributed by atoms with van der Waals surface area (Å²) in [7, 11) is 0. The van der Waals surface area contributed by atoms with Crippen LogP contribution in [0.1, 0.15) is 6.92 Å². The molecule has 0 saturated heterocycles. The summed E-state index contributed by atoms with van der Waals surface area (Å²) in [5.41, 5.74) is 4.41. The Hall–Kier alpha value is -2.91. The van der Waals surface area contributed by atoms with Crippen molar-refractivity contribution in [3.8, 4) is 11.3 Å². The summed E-state index contributed by atoms with van der Waals surface area (Å²) in [6.07, 6.45) is 0. The van der Waals surface area contributed by atoms with Gasteiger partial charge in [0.05, 0.1) is 0 Å². The molecule has 0 radical (unpaired) electrons. The Bertz CT molecular complexity index is 1290. The zero-order chi connectivity index (χ0) is 17.7. The summed E-state index contributed by atoms with van der Waals surface area (Å²) >= 11 is 6.23. The van der Waals surface area contributed by atoms with Crippen LogP contribution in [0.15, 0.2) is 66.7 Å². The number of aryl methyl sites for hydroxylation is 1. The molecule has 3 aromatic carbocycles. The molecule has 126 valence electrons. The Kier molecular flexibility index (Phi) is 3.44. The van der Waals surface area contributed by atoms with E-state index < -0.39 is 0 Å². The molecule has 26 heavy (non-hydrogen) atoms. The van der Waals surface area contributed by atoms with Gasteiger partial charge in [-0.3, -0.25) is 0 Å². The van der Waals surface area contributed by atoms with E-state index in [1.165, 1.54) is 21.8 Å². The molecule has 0 unspecified atom stereocenters. The van der Waals surface area contributed by atoms with E-state index >= 15 is 0 Å². The van der Waals surface area contributed by atoms with Gasteiger partial charge < -0.3 is 4.57 Å². The number of rotatable bonds is 2. The molecule has 0 aliphatic heterocycles. The van der Waals surface area contributed by atoms with Gasteiger partial charge in [-0.2, -0.15) is 0 Å². The summed E-state index contributed by atoms with van der Waals surface area (Å²) in [5, 5.41) is 13.4. The number of fused-ring (bicyclic) bond motifs is 4. The normalized spacial score (nSPS) is 11.6. The minimum atomic E-state index is 0.438. The molecule has 0 N–H and O–H groups in total. The van der Waals surface area contributed by atoms with Crippen LogP contribution >= 0.6 is 11.6 Å². The van der Waals surface area contributed by atoms with Crippen molar-refractivity contribution in [3.05, 3.63) is 71.9 Å². The number of hydrogen-bond donors (Lipinski definition) is 0. The molecule has 4 heteroatoms. The first-order valence-corrected chi connectivity index (χ1v) is 9.08. The van der Waals surface area contributed by atoms with Crippen LogP contribution in [-0.2, 0) is 6.54 Å². The molecule has 0 spiro atoms. The zero-order valence-corrected chi connectivity index (χ0v) is 15.0. The highest BCUT2D eigenvalue weighted by Crippen LogP contribution is 2.34. The maximum Gasteiger partial charge on any atom is 0.159 e. The minimum absolute atomic E-state index is 0.438. The standard InChI is InChI=1S/C22H16ClN3/c1-2-26-19-10-6-5-7-15(19)18-13-14(11-12-20(18)26)21-16-8-3-4-9-17(16)22(23)25-24-21/h3-13H,2H2,1H3. The maximum atomic E-state index is 6.23. The monoisotopic (exact) mass is 357 g/mol. The van der Waals surface area contributed by atoms with Crippen molar-refractivity contribution < 1.29 is 0 Å². The van der Waals surface area contributed by atoms with Crippen LogP contribution in [0.25, 0.3) is 43.8 Å². The number of hydrogen-bond acceptors (Lipinski definition) is 2. The van der Waals surface area contributed by atoms with Crippen LogP contribution in [-0.4, -0.2) is 14.8 Å². The first-order chi connectivity index (χ1) is 12.8. The molecule has 3 nitrogen and oxygen atoms in total. The van der Waals surface area contributed by atoms with Crippen molar-refractivity contribution in [1.29, 1.82) is 0 Å². The van der Waals surface area contributed by atoms with E-state index in [-0.39, 0.29) is 0 Å². The van der Waals surface area contributed by atoms with Crippen molar-refractivity contribution in [2.24, 2.45) is 0 Å². The van der Waals surface area contributed by atoms with Gasteiger partial charge in [-0.1, -0.05) is 60.1 Å². The fourth-order valence-corrected chi connectivity index (χ4v) is 4.03. The third kappa shape index (κ3) is 2.14. The molecule has 0 amide bonds. The lowest BCUT2D eigenvalue weighted by Gasteiger charge is -2.07. The highest BCUT2D eigenvalue weighted by Gasteiger charge is 2.13. The number of para-hydroxylation sites is 1. The SMILES string of the molecule is CCn1c2ccccc2c2cc(-c3nnc(Cl)c4ccccc34)ccc21. The quantitative estimate of drug-likeness (QED) is 0.383. The van der Waals surface area contributed by atoms with Gasteiger partial charge in [-0.05, 0) is 25.1 Å². The second-order valence-electron chi connectivity index (χ2n) is 6.38. The molecule has 0 aliphatic carbocycles. The van der Waals surface area contributed by atoms with E-state index in [1.807, 2.05) is 24.3 Å². The third-order valence-electron chi connectivity index (χ3n) is 5.00. The van der Waals surface area contributed by atoms with Gasteiger partial charge in [0.15, 0.2) is 5.15 Å². The van der Waals surface area contributed by atoms with E-state index in [4.69, 9.17) is 11.6 Å². The highest BCUT2D eigenvalue weighted by molar-refractivity contribution is 6.34. The molecule has 0 fully saturated rings. The van der Waals surface area contributed by atoms with Crippen molar-refractivity contribution in [2.45, 2.75) is 13.5 Å². The Morgan fingerprint density at radius 3 is 2.27 bits per heavy atom. The Labute approximate surface area is 155 Å². The van der Waals surface area contributed by atoms with E-state index in [9.17, 15) is 0 Å². The predicted octanol–water partition coefficient (Wildman–Crippen LogP) is 6.08. The fraction of sp³-hybridized carbons (Fsp3) is 0.0909. The molecular weight excluding hydrogens is 342 g/mol. The van der Waals surface area contributed by atoms with Crippen molar-refractivity contribution >= 4 is 44.2 Å². The second-order valence-corrected chi connectivity index (χ2v) is 6.74. The predicted molar refractivity (Wildman–Crippen MR) is 109 cm³/mol. The van der Waals surface area contributed by atoms with Gasteiger partial charge in [-0.15, -0.1) is 10.2 Å². The lowest BCUT2D eigenvalue weighted by molar-refractivity contribution is 0.827. The average Bonchev–Trinajstić information content (AvgIpc) is 3.01. The molecule has 2 heterocycles. The summed E-state index contributed by atoms with van der Waals surface area (Å²) in [4.78, 5) is 0. The van der Waals surface area contributed by atoms with Crippen LogP contribution < -0.4 is 0 Å². The minimum Gasteiger partial charge on any atom is -0.341 e. The van der Waals surface area contributed by atoms with Gasteiger partial charge in [-0.25, -0.2) is 0 Å². The van der Waals surface area contributed by atoms with E-state index in [0.717, 1.165) is 28.6 Å². The number of nitrogens with zero attached hydrogens (tertiary/aromatic N) is 3. The number of benzene rings is 3. The Morgan fingerprint density at radius 2 is 1.46 bits per heavy atom. The fourth-order valence-electron chi connectivity index (χ4n) is 3.83.